The monoisotopic (exact) mass is 360 g/mol. The molecule has 0 aliphatic carbocycles. The molecule has 0 N–H and O–H groups in total. The molecule has 0 heterocycles. The average molecular weight is 362 g/mol. The molecule has 102 valence electrons. The summed E-state index contributed by atoms with van der Waals surface area (Å²) in [6.45, 7) is 3.00. The minimum atomic E-state index is -4.11. The second-order valence-corrected chi connectivity index (χ2v) is 6.58. The van der Waals surface area contributed by atoms with E-state index in [-0.39, 0.29) is 12.4 Å². The molecule has 0 aliphatic rings. The molecule has 18 heavy (non-hydrogen) atoms. The minimum absolute atomic E-state index is 0.191. The fourth-order valence-electron chi connectivity index (χ4n) is 1.16. The van der Waals surface area contributed by atoms with Crippen LogP contribution in [0, 0.1) is 5.82 Å². The Balaban J connectivity index is 2.87. The van der Waals surface area contributed by atoms with Crippen molar-refractivity contribution in [3.05, 3.63) is 22.4 Å². The Morgan fingerprint density at radius 2 is 2.06 bits per heavy atom. The van der Waals surface area contributed by atoms with Crippen LogP contribution in [0.3, 0.4) is 0 Å². The zero-order valence-electron chi connectivity index (χ0n) is 9.45. The summed E-state index contributed by atoms with van der Waals surface area (Å²) in [6, 6.07) is 2.03. The molecule has 0 saturated heterocycles. The Labute approximate surface area is 118 Å². The highest BCUT2D eigenvalue weighted by molar-refractivity contribution is 9.10. The first-order valence-electron chi connectivity index (χ1n) is 5.00. The number of rotatable bonds is 6. The van der Waals surface area contributed by atoms with E-state index in [0.717, 1.165) is 12.1 Å². The molecule has 0 radical (unpaired) electrons. The molecule has 0 spiro atoms. The van der Waals surface area contributed by atoms with E-state index >= 15 is 0 Å². The van der Waals surface area contributed by atoms with Crippen molar-refractivity contribution in [3.63, 3.8) is 0 Å². The summed E-state index contributed by atoms with van der Waals surface area (Å²) in [7, 11) is 0.969. The highest BCUT2D eigenvalue weighted by Crippen LogP contribution is 2.31. The van der Waals surface area contributed by atoms with Gasteiger partial charge in [0.1, 0.15) is 23.1 Å². The van der Waals surface area contributed by atoms with Crippen LogP contribution in [0.25, 0.3) is 0 Å². The third-order valence-electron chi connectivity index (χ3n) is 1.94. The van der Waals surface area contributed by atoms with Crippen LogP contribution in [0.1, 0.15) is 6.92 Å². The number of hydrogen-bond donors (Lipinski definition) is 0. The lowest BCUT2D eigenvalue weighted by atomic mass is 10.3. The second kappa shape index (κ2) is 6.70. The lowest BCUT2D eigenvalue weighted by Gasteiger charge is -2.09. The van der Waals surface area contributed by atoms with E-state index in [1.807, 2.05) is 6.92 Å². The molecule has 0 amide bonds. The first-order valence-corrected chi connectivity index (χ1v) is 8.10. The van der Waals surface area contributed by atoms with Gasteiger partial charge in [-0.2, -0.15) is 0 Å². The second-order valence-electron chi connectivity index (χ2n) is 3.20. The van der Waals surface area contributed by atoms with Crippen molar-refractivity contribution >= 4 is 35.7 Å². The summed E-state index contributed by atoms with van der Waals surface area (Å²) in [4.78, 5) is -0.590. The van der Waals surface area contributed by atoms with E-state index in [4.69, 9.17) is 20.2 Å². The maximum atomic E-state index is 13.5. The van der Waals surface area contributed by atoms with Gasteiger partial charge in [0.15, 0.2) is 0 Å². The molecule has 1 rings (SSSR count). The van der Waals surface area contributed by atoms with Gasteiger partial charge in [0.2, 0.25) is 0 Å². The Kier molecular flexibility index (Phi) is 5.84. The Hall–Kier alpha value is -0.370. The van der Waals surface area contributed by atoms with Crippen LogP contribution >= 0.6 is 26.6 Å². The van der Waals surface area contributed by atoms with Crippen LogP contribution in [0.2, 0.25) is 0 Å². The molecule has 0 aliphatic heterocycles. The predicted octanol–water partition coefficient (Wildman–Crippen LogP) is 2.93. The van der Waals surface area contributed by atoms with Gasteiger partial charge in [0.25, 0.3) is 9.05 Å². The van der Waals surface area contributed by atoms with Crippen molar-refractivity contribution in [2.45, 2.75) is 11.8 Å². The van der Waals surface area contributed by atoms with E-state index in [9.17, 15) is 12.8 Å². The maximum absolute atomic E-state index is 13.5. The molecule has 4 nitrogen and oxygen atoms in total. The van der Waals surface area contributed by atoms with Crippen LogP contribution in [0.4, 0.5) is 4.39 Å². The topological polar surface area (TPSA) is 52.6 Å². The van der Waals surface area contributed by atoms with Crippen LogP contribution in [0.5, 0.6) is 5.75 Å². The molecular weight excluding hydrogens is 351 g/mol. The Bertz CT molecular complexity index is 521. The van der Waals surface area contributed by atoms with Crippen molar-refractivity contribution in [1.29, 1.82) is 0 Å². The SMILES string of the molecule is CCOCCOc1cc(F)c(S(=O)(=O)Cl)cc1Br. The van der Waals surface area contributed by atoms with Gasteiger partial charge in [-0.1, -0.05) is 0 Å². The van der Waals surface area contributed by atoms with Crippen LogP contribution in [-0.4, -0.2) is 28.2 Å². The summed E-state index contributed by atoms with van der Waals surface area (Å²) in [5, 5.41) is 0. The molecule has 0 bridgehead atoms. The van der Waals surface area contributed by atoms with Gasteiger partial charge in [-0.05, 0) is 28.9 Å². The predicted molar refractivity (Wildman–Crippen MR) is 69.1 cm³/mol. The fourth-order valence-corrected chi connectivity index (χ4v) is 2.68. The zero-order chi connectivity index (χ0) is 13.8. The van der Waals surface area contributed by atoms with E-state index in [0.29, 0.717) is 17.7 Å². The van der Waals surface area contributed by atoms with Gasteiger partial charge in [-0.3, -0.25) is 0 Å². The summed E-state index contributed by atoms with van der Waals surface area (Å²) in [6.07, 6.45) is 0. The largest absolute Gasteiger partial charge is 0.490 e. The number of ether oxygens (including phenoxy) is 2. The van der Waals surface area contributed by atoms with Gasteiger partial charge in [-0.15, -0.1) is 0 Å². The molecule has 1 aromatic rings. The highest BCUT2D eigenvalue weighted by Gasteiger charge is 2.19. The van der Waals surface area contributed by atoms with E-state index < -0.39 is 19.8 Å². The van der Waals surface area contributed by atoms with Gasteiger partial charge < -0.3 is 9.47 Å². The molecular formula is C10H11BrClFO4S. The van der Waals surface area contributed by atoms with Gasteiger partial charge in [0, 0.05) is 23.4 Å². The molecule has 0 saturated carbocycles. The zero-order valence-corrected chi connectivity index (χ0v) is 12.6. The van der Waals surface area contributed by atoms with E-state index in [2.05, 4.69) is 15.9 Å². The lowest BCUT2D eigenvalue weighted by Crippen LogP contribution is -2.07. The van der Waals surface area contributed by atoms with Gasteiger partial charge >= 0.3 is 0 Å². The average Bonchev–Trinajstić information content (AvgIpc) is 2.27. The van der Waals surface area contributed by atoms with Crippen molar-refractivity contribution in [2.75, 3.05) is 19.8 Å². The standard InChI is InChI=1S/C10H11BrClFO4S/c1-2-16-3-4-17-9-6-8(13)10(5-7(9)11)18(12,14)15/h5-6H,2-4H2,1H3. The summed E-state index contributed by atoms with van der Waals surface area (Å²) in [5.41, 5.74) is 0. The maximum Gasteiger partial charge on any atom is 0.264 e. The Morgan fingerprint density at radius 1 is 1.39 bits per heavy atom. The smallest absolute Gasteiger partial charge is 0.264 e. The summed E-state index contributed by atoms with van der Waals surface area (Å²) < 4.78 is 46.2. The quantitative estimate of drug-likeness (QED) is 0.577. The van der Waals surface area contributed by atoms with Crippen LogP contribution in [-0.2, 0) is 13.8 Å². The van der Waals surface area contributed by atoms with Crippen molar-refractivity contribution in [2.24, 2.45) is 0 Å². The molecule has 1 aromatic carbocycles. The molecule has 0 unspecified atom stereocenters. The lowest BCUT2D eigenvalue weighted by molar-refractivity contribution is 0.109. The third kappa shape index (κ3) is 4.38. The summed E-state index contributed by atoms with van der Waals surface area (Å²) in [5.74, 6) is -0.768. The highest BCUT2D eigenvalue weighted by atomic mass is 79.9. The van der Waals surface area contributed by atoms with Crippen LogP contribution < -0.4 is 4.74 Å². The molecule has 8 heteroatoms. The van der Waals surface area contributed by atoms with E-state index in [1.54, 1.807) is 0 Å². The molecule has 0 atom stereocenters. The number of hydrogen-bond acceptors (Lipinski definition) is 4. The van der Waals surface area contributed by atoms with Gasteiger partial charge in [-0.25, -0.2) is 12.8 Å². The molecule has 0 aromatic heterocycles. The van der Waals surface area contributed by atoms with E-state index in [1.165, 1.54) is 0 Å². The van der Waals surface area contributed by atoms with Crippen LogP contribution in [0.15, 0.2) is 21.5 Å². The normalized spacial score (nSPS) is 11.6. The Morgan fingerprint density at radius 3 is 2.61 bits per heavy atom. The molecule has 0 fully saturated rings. The van der Waals surface area contributed by atoms with Crippen molar-refractivity contribution in [3.8, 4) is 5.75 Å². The van der Waals surface area contributed by atoms with Gasteiger partial charge in [0.05, 0.1) is 11.1 Å². The minimum Gasteiger partial charge on any atom is -0.490 e. The third-order valence-corrected chi connectivity index (χ3v) is 3.90. The fraction of sp³-hybridized carbons (Fsp3) is 0.400. The first kappa shape index (κ1) is 15.7. The van der Waals surface area contributed by atoms with Crippen molar-refractivity contribution < 1.29 is 22.3 Å². The first-order chi connectivity index (χ1) is 8.36. The summed E-state index contributed by atoms with van der Waals surface area (Å²) >= 11 is 3.09. The number of benzene rings is 1. The number of halogens is 3. The van der Waals surface area contributed by atoms with Crippen molar-refractivity contribution in [1.82, 2.24) is 0 Å².